The van der Waals surface area contributed by atoms with Crippen molar-refractivity contribution in [2.75, 3.05) is 0 Å². The van der Waals surface area contributed by atoms with Crippen LogP contribution in [0.1, 0.15) is 15.9 Å². The minimum atomic E-state index is -0.780. The van der Waals surface area contributed by atoms with Crippen molar-refractivity contribution < 1.29 is 14.3 Å². The summed E-state index contributed by atoms with van der Waals surface area (Å²) in [6.07, 6.45) is 0. The van der Waals surface area contributed by atoms with E-state index in [2.05, 4.69) is 5.11 Å². The Balaban J connectivity index is 3.05. The minimum Gasteiger partial charge on any atom is -0.478 e. The second-order valence-corrected chi connectivity index (χ2v) is 2.25. The lowest BCUT2D eigenvalue weighted by Gasteiger charge is -1.96. The Morgan fingerprint density at radius 2 is 2.45 bits per heavy atom. The van der Waals surface area contributed by atoms with E-state index in [0.29, 0.717) is 5.56 Å². The first-order valence-corrected chi connectivity index (χ1v) is 3.09. The van der Waals surface area contributed by atoms with E-state index in [0.717, 1.165) is 0 Å². The summed E-state index contributed by atoms with van der Waals surface area (Å²) in [7, 11) is 0. The van der Waals surface area contributed by atoms with Gasteiger partial charge in [0.25, 0.3) is 1.43 Å². The Labute approximate surface area is 64.8 Å². The van der Waals surface area contributed by atoms with Crippen molar-refractivity contribution in [3.8, 4) is 0 Å². The van der Waals surface area contributed by atoms with Crippen molar-refractivity contribution in [1.29, 1.82) is 1.43 Å². The van der Waals surface area contributed by atoms with E-state index >= 15 is 0 Å². The van der Waals surface area contributed by atoms with Crippen molar-refractivity contribution in [2.24, 2.45) is 0 Å². The Bertz CT molecular complexity index is 312. The van der Waals surface area contributed by atoms with Crippen LogP contribution in [0.4, 0.5) is 4.39 Å². The summed E-state index contributed by atoms with van der Waals surface area (Å²) in [5, 5.41) is 3.72. The third-order valence-electron chi connectivity index (χ3n) is 1.39. The molecule has 1 aromatic carbocycles. The molecule has 1 aromatic rings. The molecular weight excluding hydrogens is 147 g/mol. The van der Waals surface area contributed by atoms with Gasteiger partial charge in [0.15, 0.2) is 0 Å². The Hall–Kier alpha value is -1.38. The van der Waals surface area contributed by atoms with Crippen LogP contribution in [0.25, 0.3) is 1.43 Å². The molecule has 58 valence electrons. The number of carboxylic acids is 1. The smallest absolute Gasteiger partial charge is 0.335 e. The third-order valence-corrected chi connectivity index (χ3v) is 1.39. The zero-order valence-corrected chi connectivity index (χ0v) is 5.93. The maximum Gasteiger partial charge on any atom is 0.335 e. The van der Waals surface area contributed by atoms with Crippen molar-refractivity contribution in [1.82, 2.24) is 0 Å². The predicted octanol–water partition coefficient (Wildman–Crippen LogP) is 1.83. The molecule has 0 fully saturated rings. The van der Waals surface area contributed by atoms with Gasteiger partial charge in [0.1, 0.15) is 5.82 Å². The van der Waals surface area contributed by atoms with E-state index in [1.165, 1.54) is 25.1 Å². The number of hydrogen-bond donors (Lipinski definition) is 1. The number of aryl methyl sites for hydroxylation is 1. The van der Waals surface area contributed by atoms with Crippen LogP contribution in [0.5, 0.6) is 0 Å². The number of carboxylic acid groups (broad SMARTS) is 1. The number of hydrogen-bond acceptors (Lipinski definition) is 2. The van der Waals surface area contributed by atoms with Crippen molar-refractivity contribution >= 4 is 5.97 Å². The molecule has 0 aliphatic carbocycles. The van der Waals surface area contributed by atoms with Gasteiger partial charge in [0, 0.05) is 0 Å². The molecule has 0 aromatic heterocycles. The van der Waals surface area contributed by atoms with Crippen molar-refractivity contribution in [3.63, 3.8) is 0 Å². The molecule has 2 nitrogen and oxygen atoms in total. The topological polar surface area (TPSA) is 37.3 Å². The first-order chi connectivity index (χ1) is 5.65. The molecule has 0 aliphatic rings. The van der Waals surface area contributed by atoms with Gasteiger partial charge in [-0.1, -0.05) is 0 Å². The summed E-state index contributed by atoms with van der Waals surface area (Å²) in [6, 6.07) is 3.78. The minimum absolute atomic E-state index is 0.184. The van der Waals surface area contributed by atoms with E-state index in [9.17, 15) is 9.18 Å². The highest BCUT2D eigenvalue weighted by atomic mass is 19.1. The highest BCUT2D eigenvalue weighted by molar-refractivity contribution is 5.87. The number of carbonyl (C=O) groups is 1. The maximum absolute atomic E-state index is 12.7. The largest absolute Gasteiger partial charge is 0.478 e. The zero-order chi connectivity index (χ0) is 9.14. The fourth-order valence-electron chi connectivity index (χ4n) is 0.772. The number of aromatic carboxylic acids is 1. The van der Waals surface area contributed by atoms with E-state index in [1.54, 1.807) is 0 Å². The molecule has 1 rings (SSSR count). The molecule has 0 amide bonds. The van der Waals surface area contributed by atoms with E-state index in [-0.39, 0.29) is 11.4 Å². The normalized spacial score (nSPS) is 10.5. The maximum atomic E-state index is 12.7. The second kappa shape index (κ2) is 2.70. The summed E-state index contributed by atoms with van der Waals surface area (Å²) >= 11 is 0. The molecule has 0 saturated carbocycles. The monoisotopic (exact) mass is 155 g/mol. The fraction of sp³-hybridized carbons (Fsp3) is 0.125. The zero-order valence-electron chi connectivity index (χ0n) is 6.93. The lowest BCUT2D eigenvalue weighted by atomic mass is 10.1. The van der Waals surface area contributed by atoms with Crippen LogP contribution < -0.4 is 0 Å². The summed E-state index contributed by atoms with van der Waals surface area (Å²) in [4.78, 5) is 10.7. The highest BCUT2D eigenvalue weighted by Gasteiger charge is 2.03. The SMILES string of the molecule is [2H]OC(=O)c1ccc(F)c(C)c1. The molecule has 1 N–H and O–H groups in total. The molecule has 0 heterocycles. The van der Waals surface area contributed by atoms with Crippen LogP contribution in [0.3, 0.4) is 0 Å². The summed E-state index contributed by atoms with van der Waals surface area (Å²) in [5.41, 5.74) is 0.543. The lowest BCUT2D eigenvalue weighted by Crippen LogP contribution is -1.97. The van der Waals surface area contributed by atoms with Crippen LogP contribution in [0.2, 0.25) is 0 Å². The fourth-order valence-corrected chi connectivity index (χ4v) is 0.772. The lowest BCUT2D eigenvalue weighted by molar-refractivity contribution is 0.0696. The summed E-state index contributed by atoms with van der Waals surface area (Å²) < 4.78 is 19.0. The van der Waals surface area contributed by atoms with Gasteiger partial charge in [-0.15, -0.1) is 0 Å². The molecule has 0 saturated heterocycles. The van der Waals surface area contributed by atoms with E-state index in [1.807, 2.05) is 0 Å². The molecule has 11 heavy (non-hydrogen) atoms. The Morgan fingerprint density at radius 1 is 1.73 bits per heavy atom. The van der Waals surface area contributed by atoms with Crippen LogP contribution in [0, 0.1) is 12.7 Å². The van der Waals surface area contributed by atoms with E-state index in [4.69, 9.17) is 1.43 Å². The molecule has 0 spiro atoms. The van der Waals surface area contributed by atoms with Crippen molar-refractivity contribution in [3.05, 3.63) is 35.1 Å². The van der Waals surface area contributed by atoms with Crippen LogP contribution in [-0.4, -0.2) is 11.1 Å². The molecule has 0 bridgehead atoms. The van der Waals surface area contributed by atoms with Gasteiger partial charge < -0.3 is 5.11 Å². The van der Waals surface area contributed by atoms with Crippen LogP contribution >= 0.6 is 0 Å². The van der Waals surface area contributed by atoms with Gasteiger partial charge >= 0.3 is 5.97 Å². The van der Waals surface area contributed by atoms with Crippen molar-refractivity contribution in [2.45, 2.75) is 6.92 Å². The number of benzene rings is 1. The predicted molar refractivity (Wildman–Crippen MR) is 38.1 cm³/mol. The van der Waals surface area contributed by atoms with Gasteiger partial charge in [0.2, 0.25) is 0 Å². The standard InChI is InChI=1S/C8H7FO2/c1-5-4-6(8(10)11)2-3-7(5)9/h2-4H,1H3,(H,10,11)/i/hD. The molecule has 0 aliphatic heterocycles. The van der Waals surface area contributed by atoms with Gasteiger partial charge in [0.05, 0.1) is 5.56 Å². The van der Waals surface area contributed by atoms with Gasteiger partial charge in [-0.25, -0.2) is 9.18 Å². The number of rotatable bonds is 1. The Morgan fingerprint density at radius 3 is 3.00 bits per heavy atom. The molecule has 0 atom stereocenters. The number of halogens is 1. The third kappa shape index (κ3) is 1.55. The highest BCUT2D eigenvalue weighted by Crippen LogP contribution is 2.08. The quantitative estimate of drug-likeness (QED) is 0.671. The van der Waals surface area contributed by atoms with Crippen LogP contribution in [0.15, 0.2) is 18.2 Å². The van der Waals surface area contributed by atoms with Crippen LogP contribution in [-0.2, 0) is 0 Å². The van der Waals surface area contributed by atoms with Gasteiger partial charge in [-0.3, -0.25) is 0 Å². The average molecular weight is 155 g/mol. The van der Waals surface area contributed by atoms with E-state index < -0.39 is 5.97 Å². The Kier molecular flexibility index (Phi) is 1.55. The average Bonchev–Trinajstić information content (AvgIpc) is 2.08. The second-order valence-electron chi connectivity index (χ2n) is 2.25. The summed E-state index contributed by atoms with van der Waals surface area (Å²) in [6.45, 7) is 1.54. The molecule has 0 unspecified atom stereocenters. The first-order valence-electron chi connectivity index (χ1n) is 3.49. The van der Waals surface area contributed by atoms with Gasteiger partial charge in [-0.05, 0) is 30.7 Å². The summed E-state index contributed by atoms with van der Waals surface area (Å²) in [5.74, 6) is -1.16. The van der Waals surface area contributed by atoms with Gasteiger partial charge in [-0.2, -0.15) is 0 Å². The first kappa shape index (κ1) is 6.34. The molecule has 0 radical (unpaired) electrons. The molecular formula is C8H7FO2. The molecule has 3 heteroatoms.